The number of nitrogens with one attached hydrogen (secondary N) is 2. The highest BCUT2D eigenvalue weighted by Crippen LogP contribution is 2.35. The lowest BCUT2D eigenvalue weighted by atomic mass is 10.1. The molecule has 0 fully saturated rings. The largest absolute Gasteiger partial charge is 0.365 e. The standard InChI is InChI=1S/C13H16ClN3S/c1-8(15-2)12-11(17-13(16-3)18-12)9-4-6-10(14)7-5-9/h4-8,15H,1-3H3,(H,16,17). The second-order valence-corrected chi connectivity index (χ2v) is 5.47. The van der Waals surface area contributed by atoms with E-state index in [1.54, 1.807) is 11.3 Å². The molecule has 1 heterocycles. The van der Waals surface area contributed by atoms with Gasteiger partial charge in [-0.25, -0.2) is 4.98 Å². The monoisotopic (exact) mass is 281 g/mol. The number of benzene rings is 1. The van der Waals surface area contributed by atoms with Crippen molar-refractivity contribution in [3.8, 4) is 11.3 Å². The van der Waals surface area contributed by atoms with E-state index in [-0.39, 0.29) is 6.04 Å². The van der Waals surface area contributed by atoms with Gasteiger partial charge in [-0.15, -0.1) is 0 Å². The number of aromatic nitrogens is 1. The number of hydrogen-bond donors (Lipinski definition) is 2. The van der Waals surface area contributed by atoms with Crippen molar-refractivity contribution in [2.24, 2.45) is 0 Å². The second kappa shape index (κ2) is 5.69. The highest BCUT2D eigenvalue weighted by atomic mass is 35.5. The molecule has 2 aromatic rings. The Kier molecular flexibility index (Phi) is 4.22. The van der Waals surface area contributed by atoms with Gasteiger partial charge in [0.15, 0.2) is 5.13 Å². The fourth-order valence-corrected chi connectivity index (χ4v) is 2.81. The Morgan fingerprint density at radius 1 is 1.22 bits per heavy atom. The highest BCUT2D eigenvalue weighted by Gasteiger charge is 2.16. The van der Waals surface area contributed by atoms with Crippen LogP contribution < -0.4 is 10.6 Å². The van der Waals surface area contributed by atoms with Crippen molar-refractivity contribution in [2.45, 2.75) is 13.0 Å². The van der Waals surface area contributed by atoms with Gasteiger partial charge in [0.2, 0.25) is 0 Å². The molecule has 3 nitrogen and oxygen atoms in total. The third-order valence-corrected chi connectivity index (χ3v) is 4.32. The SMILES string of the molecule is CNc1nc(-c2ccc(Cl)cc2)c(C(C)NC)s1. The fourth-order valence-electron chi connectivity index (χ4n) is 1.68. The predicted octanol–water partition coefficient (Wildman–Crippen LogP) is 3.79. The number of anilines is 1. The molecule has 0 amide bonds. The van der Waals surface area contributed by atoms with Crippen LogP contribution in [0, 0.1) is 0 Å². The zero-order valence-electron chi connectivity index (χ0n) is 10.6. The van der Waals surface area contributed by atoms with Crippen molar-refractivity contribution < 1.29 is 0 Å². The first-order valence-corrected chi connectivity index (χ1v) is 6.96. The molecule has 2 N–H and O–H groups in total. The molecule has 96 valence electrons. The molecule has 0 aliphatic rings. The first kappa shape index (κ1) is 13.3. The van der Waals surface area contributed by atoms with E-state index in [0.29, 0.717) is 0 Å². The number of halogens is 1. The Morgan fingerprint density at radius 2 is 1.89 bits per heavy atom. The quantitative estimate of drug-likeness (QED) is 0.895. The maximum Gasteiger partial charge on any atom is 0.183 e. The first-order chi connectivity index (χ1) is 8.65. The van der Waals surface area contributed by atoms with Crippen LogP contribution in [-0.4, -0.2) is 19.1 Å². The van der Waals surface area contributed by atoms with Crippen molar-refractivity contribution in [1.82, 2.24) is 10.3 Å². The molecule has 18 heavy (non-hydrogen) atoms. The van der Waals surface area contributed by atoms with Gasteiger partial charge in [-0.1, -0.05) is 35.1 Å². The second-order valence-electron chi connectivity index (χ2n) is 4.00. The summed E-state index contributed by atoms with van der Waals surface area (Å²) in [6.07, 6.45) is 0. The van der Waals surface area contributed by atoms with Gasteiger partial charge in [0.1, 0.15) is 0 Å². The lowest BCUT2D eigenvalue weighted by Gasteiger charge is -2.09. The van der Waals surface area contributed by atoms with E-state index in [9.17, 15) is 0 Å². The summed E-state index contributed by atoms with van der Waals surface area (Å²) < 4.78 is 0. The average Bonchev–Trinajstić information content (AvgIpc) is 2.83. The van der Waals surface area contributed by atoms with E-state index < -0.39 is 0 Å². The maximum atomic E-state index is 5.92. The molecule has 0 spiro atoms. The van der Waals surface area contributed by atoms with E-state index in [1.807, 2.05) is 38.4 Å². The van der Waals surface area contributed by atoms with Crippen molar-refractivity contribution >= 4 is 28.1 Å². The first-order valence-electron chi connectivity index (χ1n) is 5.77. The minimum atomic E-state index is 0.273. The Morgan fingerprint density at radius 3 is 2.44 bits per heavy atom. The lowest BCUT2D eigenvalue weighted by Crippen LogP contribution is -2.11. The van der Waals surface area contributed by atoms with Crippen LogP contribution in [0.5, 0.6) is 0 Å². The highest BCUT2D eigenvalue weighted by molar-refractivity contribution is 7.16. The van der Waals surface area contributed by atoms with E-state index in [4.69, 9.17) is 11.6 Å². The van der Waals surface area contributed by atoms with Crippen LogP contribution in [-0.2, 0) is 0 Å². The van der Waals surface area contributed by atoms with Gasteiger partial charge in [-0.05, 0) is 26.1 Å². The summed E-state index contributed by atoms with van der Waals surface area (Å²) in [6.45, 7) is 2.13. The molecule has 2 rings (SSSR count). The van der Waals surface area contributed by atoms with Gasteiger partial charge in [-0.3, -0.25) is 0 Å². The van der Waals surface area contributed by atoms with Crippen LogP contribution >= 0.6 is 22.9 Å². The Balaban J connectivity index is 2.48. The van der Waals surface area contributed by atoms with Crippen molar-refractivity contribution in [3.63, 3.8) is 0 Å². The van der Waals surface area contributed by atoms with Crippen LogP contribution in [0.1, 0.15) is 17.8 Å². The molecule has 1 aromatic heterocycles. The number of hydrogen-bond acceptors (Lipinski definition) is 4. The molecule has 0 bridgehead atoms. The predicted molar refractivity (Wildman–Crippen MR) is 79.6 cm³/mol. The third-order valence-electron chi connectivity index (χ3n) is 2.81. The summed E-state index contributed by atoms with van der Waals surface area (Å²) in [5.41, 5.74) is 2.11. The Labute approximate surface area is 116 Å². The van der Waals surface area contributed by atoms with Gasteiger partial charge in [0.05, 0.1) is 10.6 Å². The number of thiazole rings is 1. The van der Waals surface area contributed by atoms with E-state index >= 15 is 0 Å². The van der Waals surface area contributed by atoms with Gasteiger partial charge in [-0.2, -0.15) is 0 Å². The molecule has 0 saturated heterocycles. The molecule has 1 aromatic carbocycles. The molecule has 0 aliphatic carbocycles. The smallest absolute Gasteiger partial charge is 0.183 e. The fraction of sp³-hybridized carbons (Fsp3) is 0.308. The minimum Gasteiger partial charge on any atom is -0.365 e. The topological polar surface area (TPSA) is 37.0 Å². The normalized spacial score (nSPS) is 12.4. The molecule has 5 heteroatoms. The van der Waals surface area contributed by atoms with Crippen molar-refractivity contribution in [2.75, 3.05) is 19.4 Å². The zero-order valence-corrected chi connectivity index (χ0v) is 12.2. The third kappa shape index (κ3) is 2.66. The van der Waals surface area contributed by atoms with E-state index in [0.717, 1.165) is 21.4 Å². The summed E-state index contributed by atoms with van der Waals surface area (Å²) in [4.78, 5) is 5.85. The van der Waals surface area contributed by atoms with E-state index in [1.165, 1.54) is 4.88 Å². The summed E-state index contributed by atoms with van der Waals surface area (Å²) >= 11 is 7.59. The number of rotatable bonds is 4. The summed E-state index contributed by atoms with van der Waals surface area (Å²) in [7, 11) is 3.84. The minimum absolute atomic E-state index is 0.273. The summed E-state index contributed by atoms with van der Waals surface area (Å²) in [5.74, 6) is 0. The Bertz CT molecular complexity index is 522. The average molecular weight is 282 g/mol. The number of nitrogens with zero attached hydrogens (tertiary/aromatic N) is 1. The molecule has 0 aliphatic heterocycles. The molecule has 0 radical (unpaired) electrons. The van der Waals surface area contributed by atoms with Crippen LogP contribution in [0.2, 0.25) is 5.02 Å². The van der Waals surface area contributed by atoms with Crippen molar-refractivity contribution in [3.05, 3.63) is 34.2 Å². The lowest BCUT2D eigenvalue weighted by molar-refractivity contribution is 0.664. The van der Waals surface area contributed by atoms with Crippen molar-refractivity contribution in [1.29, 1.82) is 0 Å². The molecule has 1 unspecified atom stereocenters. The van der Waals surface area contributed by atoms with Gasteiger partial charge in [0, 0.05) is 23.7 Å². The molecule has 0 saturated carbocycles. The van der Waals surface area contributed by atoms with E-state index in [2.05, 4.69) is 22.5 Å². The van der Waals surface area contributed by atoms with Crippen LogP contribution in [0.15, 0.2) is 24.3 Å². The molecule has 1 atom stereocenters. The molecular weight excluding hydrogens is 266 g/mol. The van der Waals surface area contributed by atoms with Gasteiger partial charge in [0.25, 0.3) is 0 Å². The zero-order chi connectivity index (χ0) is 13.1. The summed E-state index contributed by atoms with van der Waals surface area (Å²) in [6, 6.07) is 8.06. The van der Waals surface area contributed by atoms with Crippen LogP contribution in [0.3, 0.4) is 0 Å². The van der Waals surface area contributed by atoms with Gasteiger partial charge >= 0.3 is 0 Å². The van der Waals surface area contributed by atoms with Gasteiger partial charge < -0.3 is 10.6 Å². The van der Waals surface area contributed by atoms with Crippen LogP contribution in [0.4, 0.5) is 5.13 Å². The maximum absolute atomic E-state index is 5.92. The molecular formula is C13H16ClN3S. The van der Waals surface area contributed by atoms with Crippen LogP contribution in [0.25, 0.3) is 11.3 Å². The Hall–Kier alpha value is -1.10. The summed E-state index contributed by atoms with van der Waals surface area (Å²) in [5, 5.41) is 8.03.